The molecule has 0 bridgehead atoms. The lowest BCUT2D eigenvalue weighted by Gasteiger charge is -2.03. The fourth-order valence-electron chi connectivity index (χ4n) is 1.97. The normalized spacial score (nSPS) is 11.1. The van der Waals surface area contributed by atoms with Crippen LogP contribution in [0.5, 0.6) is 0 Å². The molecule has 0 unspecified atom stereocenters. The van der Waals surface area contributed by atoms with Crippen molar-refractivity contribution in [2.45, 2.75) is 6.92 Å². The topological polar surface area (TPSA) is 55.6 Å². The van der Waals surface area contributed by atoms with Gasteiger partial charge in [0.05, 0.1) is 10.7 Å². The van der Waals surface area contributed by atoms with Gasteiger partial charge in [-0.25, -0.2) is 4.39 Å². The predicted octanol–water partition coefficient (Wildman–Crippen LogP) is 3.85. The fraction of sp³-hybridized carbons (Fsp3) is 0.0625. The molecule has 0 aliphatic rings. The molecule has 0 atom stereocenters. The summed E-state index contributed by atoms with van der Waals surface area (Å²) in [5, 5.41) is 14.7. The van der Waals surface area contributed by atoms with Gasteiger partial charge in [-0.1, -0.05) is 29.3 Å². The molecule has 3 aromatic rings. The van der Waals surface area contributed by atoms with Gasteiger partial charge in [-0.05, 0) is 47.7 Å². The van der Waals surface area contributed by atoms with Crippen molar-refractivity contribution in [3.05, 3.63) is 70.9 Å². The molecule has 0 spiro atoms. The Balaban J connectivity index is 1.77. The van der Waals surface area contributed by atoms with Crippen molar-refractivity contribution < 1.29 is 4.39 Å². The Hall–Kier alpha value is -2.73. The van der Waals surface area contributed by atoms with Crippen molar-refractivity contribution in [1.82, 2.24) is 20.2 Å². The highest BCUT2D eigenvalue weighted by Crippen LogP contribution is 2.19. The van der Waals surface area contributed by atoms with Gasteiger partial charge >= 0.3 is 0 Å². The molecule has 0 saturated carbocycles. The van der Waals surface area contributed by atoms with Gasteiger partial charge in [-0.2, -0.15) is 4.68 Å². The highest BCUT2D eigenvalue weighted by molar-refractivity contribution is 6.31. The maximum atomic E-state index is 13.1. The van der Waals surface area contributed by atoms with Crippen LogP contribution in [0, 0.1) is 12.7 Å². The number of hydrogen-bond donors (Lipinski definition) is 1. The summed E-state index contributed by atoms with van der Waals surface area (Å²) >= 11 is 5.73. The molecule has 3 rings (SSSR count). The molecule has 1 aromatic heterocycles. The van der Waals surface area contributed by atoms with Gasteiger partial charge in [0.15, 0.2) is 5.82 Å². The van der Waals surface area contributed by atoms with Crippen LogP contribution in [0.1, 0.15) is 11.4 Å². The van der Waals surface area contributed by atoms with Gasteiger partial charge in [0.1, 0.15) is 5.82 Å². The zero-order valence-corrected chi connectivity index (χ0v) is 13.0. The van der Waals surface area contributed by atoms with Crippen molar-refractivity contribution in [2.24, 2.45) is 0 Å². The molecule has 0 fully saturated rings. The predicted molar refractivity (Wildman–Crippen MR) is 88.0 cm³/mol. The maximum absolute atomic E-state index is 13.1. The highest BCUT2D eigenvalue weighted by Gasteiger charge is 2.05. The van der Waals surface area contributed by atoms with Gasteiger partial charge in [0.25, 0.3) is 0 Å². The fourth-order valence-corrected chi connectivity index (χ4v) is 2.15. The first kappa shape index (κ1) is 15.2. The molecule has 0 aliphatic heterocycles. The SMILES string of the molecule is Cc1ccc(-n2nnnc2/C=C/Nc2ccc(F)c(Cl)c2)cc1. The molecule has 0 amide bonds. The summed E-state index contributed by atoms with van der Waals surface area (Å²) in [6.45, 7) is 2.02. The first-order valence-electron chi connectivity index (χ1n) is 6.87. The van der Waals surface area contributed by atoms with Crippen molar-refractivity contribution in [3.8, 4) is 5.69 Å². The Morgan fingerprint density at radius 2 is 1.96 bits per heavy atom. The zero-order valence-electron chi connectivity index (χ0n) is 12.2. The lowest BCUT2D eigenvalue weighted by atomic mass is 10.2. The molecule has 0 radical (unpaired) electrons. The lowest BCUT2D eigenvalue weighted by molar-refractivity contribution is 0.628. The van der Waals surface area contributed by atoms with E-state index in [0.29, 0.717) is 11.5 Å². The summed E-state index contributed by atoms with van der Waals surface area (Å²) in [6, 6.07) is 12.3. The number of hydrogen-bond acceptors (Lipinski definition) is 4. The number of rotatable bonds is 4. The third-order valence-corrected chi connectivity index (χ3v) is 3.46. The Bertz CT molecular complexity index is 842. The zero-order chi connectivity index (χ0) is 16.2. The minimum Gasteiger partial charge on any atom is -0.362 e. The van der Waals surface area contributed by atoms with E-state index in [-0.39, 0.29) is 5.02 Å². The van der Waals surface area contributed by atoms with Gasteiger partial charge < -0.3 is 5.32 Å². The largest absolute Gasteiger partial charge is 0.362 e. The summed E-state index contributed by atoms with van der Waals surface area (Å²) in [6.07, 6.45) is 3.39. The van der Waals surface area contributed by atoms with Gasteiger partial charge in [-0.3, -0.25) is 0 Å². The van der Waals surface area contributed by atoms with E-state index in [1.54, 1.807) is 23.0 Å². The van der Waals surface area contributed by atoms with E-state index in [2.05, 4.69) is 20.8 Å². The van der Waals surface area contributed by atoms with Crippen LogP contribution in [0.2, 0.25) is 5.02 Å². The summed E-state index contributed by atoms with van der Waals surface area (Å²) in [5.74, 6) is 0.110. The standard InChI is InChI=1S/C16H13ClFN5/c1-11-2-5-13(6-3-11)23-16(20-21-22-23)8-9-19-12-4-7-15(18)14(17)10-12/h2-10,19H,1H3/b9-8+. The van der Waals surface area contributed by atoms with E-state index in [9.17, 15) is 4.39 Å². The molecule has 0 saturated heterocycles. The molecule has 1 N–H and O–H groups in total. The van der Waals surface area contributed by atoms with Gasteiger partial charge in [-0.15, -0.1) is 5.10 Å². The molecule has 0 aliphatic carbocycles. The minimum atomic E-state index is -0.454. The Kier molecular flexibility index (Phi) is 4.34. The van der Waals surface area contributed by atoms with Crippen molar-refractivity contribution in [1.29, 1.82) is 0 Å². The number of benzene rings is 2. The average molecular weight is 330 g/mol. The second-order valence-corrected chi connectivity index (χ2v) is 5.30. The Morgan fingerprint density at radius 3 is 2.70 bits per heavy atom. The summed E-state index contributed by atoms with van der Waals surface area (Å²) in [5.41, 5.74) is 2.70. The third kappa shape index (κ3) is 3.54. The number of tetrazole rings is 1. The Morgan fingerprint density at radius 1 is 1.17 bits per heavy atom. The average Bonchev–Trinajstić information content (AvgIpc) is 3.00. The van der Waals surface area contributed by atoms with E-state index < -0.39 is 5.82 Å². The van der Waals surface area contributed by atoms with Crippen molar-refractivity contribution in [2.75, 3.05) is 5.32 Å². The summed E-state index contributed by atoms with van der Waals surface area (Å²) < 4.78 is 14.7. The smallest absolute Gasteiger partial charge is 0.181 e. The second kappa shape index (κ2) is 6.58. The second-order valence-electron chi connectivity index (χ2n) is 4.89. The lowest BCUT2D eigenvalue weighted by Crippen LogP contribution is -2.00. The molecule has 5 nitrogen and oxygen atoms in total. The van der Waals surface area contributed by atoms with E-state index in [1.807, 2.05) is 31.2 Å². The van der Waals surface area contributed by atoms with Crippen LogP contribution < -0.4 is 5.32 Å². The number of nitrogens with one attached hydrogen (secondary N) is 1. The molecule has 2 aromatic carbocycles. The number of halogens is 2. The van der Waals surface area contributed by atoms with E-state index in [4.69, 9.17) is 11.6 Å². The minimum absolute atomic E-state index is 0.0629. The Labute approximate surface area is 137 Å². The maximum Gasteiger partial charge on any atom is 0.181 e. The molecular weight excluding hydrogens is 317 g/mol. The van der Waals surface area contributed by atoms with Crippen LogP contribution in [0.25, 0.3) is 11.8 Å². The first-order chi connectivity index (χ1) is 11.1. The summed E-state index contributed by atoms with van der Waals surface area (Å²) in [4.78, 5) is 0. The van der Waals surface area contributed by atoms with Crippen LogP contribution in [-0.2, 0) is 0 Å². The van der Waals surface area contributed by atoms with E-state index >= 15 is 0 Å². The van der Waals surface area contributed by atoms with Crippen LogP contribution >= 0.6 is 11.6 Å². The van der Waals surface area contributed by atoms with Crippen LogP contribution in [0.15, 0.2) is 48.7 Å². The van der Waals surface area contributed by atoms with Crippen molar-refractivity contribution >= 4 is 23.4 Å². The monoisotopic (exact) mass is 329 g/mol. The molecule has 23 heavy (non-hydrogen) atoms. The number of aryl methyl sites for hydroxylation is 1. The third-order valence-electron chi connectivity index (χ3n) is 3.17. The quantitative estimate of drug-likeness (QED) is 0.790. The number of nitrogens with zero attached hydrogens (tertiary/aromatic N) is 4. The number of anilines is 1. The first-order valence-corrected chi connectivity index (χ1v) is 7.25. The van der Waals surface area contributed by atoms with Crippen molar-refractivity contribution in [3.63, 3.8) is 0 Å². The molecule has 1 heterocycles. The van der Waals surface area contributed by atoms with E-state index in [0.717, 1.165) is 11.3 Å². The van der Waals surface area contributed by atoms with Crippen LogP contribution in [0.4, 0.5) is 10.1 Å². The molecule has 116 valence electrons. The summed E-state index contributed by atoms with van der Waals surface area (Å²) in [7, 11) is 0. The van der Waals surface area contributed by atoms with Crippen LogP contribution in [-0.4, -0.2) is 20.2 Å². The van der Waals surface area contributed by atoms with E-state index in [1.165, 1.54) is 12.1 Å². The number of aromatic nitrogens is 4. The van der Waals surface area contributed by atoms with Crippen LogP contribution in [0.3, 0.4) is 0 Å². The highest BCUT2D eigenvalue weighted by atomic mass is 35.5. The molecular formula is C16H13ClFN5. The van der Waals surface area contributed by atoms with Gasteiger partial charge in [0.2, 0.25) is 0 Å². The van der Waals surface area contributed by atoms with Gasteiger partial charge in [0, 0.05) is 18.0 Å². The molecule has 7 heteroatoms.